The number of hydrogen-bond acceptors (Lipinski definition) is 5. The number of aromatic nitrogens is 4. The number of amides is 1. The molecule has 0 atom stereocenters. The Morgan fingerprint density at radius 1 is 1.39 bits per heavy atom. The van der Waals surface area contributed by atoms with Crippen LogP contribution in [0.3, 0.4) is 0 Å². The number of hydrogen-bond donors (Lipinski definition) is 3. The number of carboxylic acids is 1. The van der Waals surface area contributed by atoms with Gasteiger partial charge < -0.3 is 10.4 Å². The predicted octanol–water partition coefficient (Wildman–Crippen LogP) is 0.289. The van der Waals surface area contributed by atoms with Crippen molar-refractivity contribution in [1.82, 2.24) is 20.6 Å². The van der Waals surface area contributed by atoms with Crippen molar-refractivity contribution in [1.29, 1.82) is 0 Å². The van der Waals surface area contributed by atoms with Gasteiger partial charge in [-0.25, -0.2) is 9.18 Å². The lowest BCUT2D eigenvalue weighted by molar-refractivity contribution is 0.0697. The van der Waals surface area contributed by atoms with Crippen LogP contribution in [0.25, 0.3) is 0 Å². The highest BCUT2D eigenvalue weighted by Crippen LogP contribution is 2.20. The number of aromatic carboxylic acids is 1. The average Bonchev–Trinajstić information content (AvgIpc) is 2.85. The first-order valence-corrected chi connectivity index (χ1v) is 4.66. The Bertz CT molecular complexity index is 598. The van der Waals surface area contributed by atoms with Crippen LogP contribution in [0.15, 0.2) is 18.2 Å². The first-order valence-electron chi connectivity index (χ1n) is 4.66. The third-order valence-electron chi connectivity index (χ3n) is 2.03. The molecule has 0 fully saturated rings. The normalized spacial score (nSPS) is 10.1. The van der Waals surface area contributed by atoms with Crippen LogP contribution in [0.1, 0.15) is 21.0 Å². The highest BCUT2D eigenvalue weighted by Gasteiger charge is 2.19. The van der Waals surface area contributed by atoms with E-state index in [1.165, 1.54) is 6.07 Å². The van der Waals surface area contributed by atoms with E-state index in [1.807, 2.05) is 0 Å². The molecule has 92 valence electrons. The molecule has 3 N–H and O–H groups in total. The van der Waals surface area contributed by atoms with Gasteiger partial charge >= 0.3 is 5.97 Å². The zero-order valence-electron chi connectivity index (χ0n) is 8.72. The van der Waals surface area contributed by atoms with E-state index in [0.29, 0.717) is 0 Å². The number of para-hydroxylation sites is 1. The third kappa shape index (κ3) is 2.14. The molecule has 0 spiro atoms. The van der Waals surface area contributed by atoms with Gasteiger partial charge in [-0.05, 0) is 17.3 Å². The van der Waals surface area contributed by atoms with E-state index in [2.05, 4.69) is 25.9 Å². The fourth-order valence-corrected chi connectivity index (χ4v) is 1.26. The number of carbonyl (C=O) groups is 2. The molecule has 1 heterocycles. The van der Waals surface area contributed by atoms with E-state index in [9.17, 15) is 14.0 Å². The molecular formula is C9H6FN5O3. The number of anilines is 1. The van der Waals surface area contributed by atoms with Crippen LogP contribution >= 0.6 is 0 Å². The average molecular weight is 251 g/mol. The van der Waals surface area contributed by atoms with Gasteiger partial charge in [0.1, 0.15) is 5.82 Å². The Morgan fingerprint density at radius 3 is 2.78 bits per heavy atom. The molecule has 1 aromatic carbocycles. The SMILES string of the molecule is O=C(Nc1c(F)cccc1C(=O)O)c1nn[nH]n1. The number of halogens is 1. The van der Waals surface area contributed by atoms with Gasteiger partial charge in [0.25, 0.3) is 11.7 Å². The highest BCUT2D eigenvalue weighted by molar-refractivity contribution is 6.05. The number of carboxylic acid groups (broad SMARTS) is 1. The van der Waals surface area contributed by atoms with Gasteiger partial charge in [0, 0.05) is 0 Å². The van der Waals surface area contributed by atoms with Gasteiger partial charge in [-0.1, -0.05) is 6.07 Å². The summed E-state index contributed by atoms with van der Waals surface area (Å²) in [6.07, 6.45) is 0. The maximum Gasteiger partial charge on any atom is 0.337 e. The quantitative estimate of drug-likeness (QED) is 0.720. The molecule has 0 aliphatic heterocycles. The predicted molar refractivity (Wildman–Crippen MR) is 55.5 cm³/mol. The van der Waals surface area contributed by atoms with Crippen LogP contribution in [0.5, 0.6) is 0 Å². The minimum atomic E-state index is -1.36. The molecule has 0 radical (unpaired) electrons. The van der Waals surface area contributed by atoms with E-state index in [4.69, 9.17) is 5.11 Å². The zero-order valence-corrected chi connectivity index (χ0v) is 8.72. The fourth-order valence-electron chi connectivity index (χ4n) is 1.26. The second-order valence-electron chi connectivity index (χ2n) is 3.16. The largest absolute Gasteiger partial charge is 0.478 e. The smallest absolute Gasteiger partial charge is 0.337 e. The lowest BCUT2D eigenvalue weighted by atomic mass is 10.1. The first kappa shape index (κ1) is 11.6. The second-order valence-corrected chi connectivity index (χ2v) is 3.16. The van der Waals surface area contributed by atoms with Crippen molar-refractivity contribution in [2.75, 3.05) is 5.32 Å². The fraction of sp³-hybridized carbons (Fsp3) is 0. The Kier molecular flexibility index (Phi) is 2.96. The highest BCUT2D eigenvalue weighted by atomic mass is 19.1. The molecule has 8 nitrogen and oxygen atoms in total. The summed E-state index contributed by atoms with van der Waals surface area (Å²) in [7, 11) is 0. The van der Waals surface area contributed by atoms with Crippen molar-refractivity contribution in [2.24, 2.45) is 0 Å². The minimum absolute atomic E-state index is 0.324. The van der Waals surface area contributed by atoms with Gasteiger partial charge in [-0.15, -0.1) is 10.2 Å². The summed E-state index contributed by atoms with van der Waals surface area (Å²) in [5, 5.41) is 22.9. The van der Waals surface area contributed by atoms with Crippen LogP contribution < -0.4 is 5.32 Å². The summed E-state index contributed by atoms with van der Waals surface area (Å²) in [5.41, 5.74) is -0.813. The molecule has 0 saturated carbocycles. The van der Waals surface area contributed by atoms with E-state index < -0.39 is 23.4 Å². The molecule has 0 aliphatic rings. The van der Waals surface area contributed by atoms with Crippen molar-refractivity contribution in [3.05, 3.63) is 35.4 Å². The number of nitrogens with zero attached hydrogens (tertiary/aromatic N) is 3. The van der Waals surface area contributed by atoms with Crippen LogP contribution in [-0.4, -0.2) is 37.6 Å². The Balaban J connectivity index is 2.34. The van der Waals surface area contributed by atoms with Crippen molar-refractivity contribution in [2.45, 2.75) is 0 Å². The van der Waals surface area contributed by atoms with Crippen molar-refractivity contribution < 1.29 is 19.1 Å². The van der Waals surface area contributed by atoms with E-state index in [1.54, 1.807) is 0 Å². The van der Waals surface area contributed by atoms with Crippen LogP contribution in [0, 0.1) is 5.82 Å². The summed E-state index contributed by atoms with van der Waals surface area (Å²) >= 11 is 0. The van der Waals surface area contributed by atoms with Gasteiger partial charge in [-0.2, -0.15) is 5.21 Å². The summed E-state index contributed by atoms with van der Waals surface area (Å²) in [5.74, 6) is -3.42. The third-order valence-corrected chi connectivity index (χ3v) is 2.03. The number of H-pyrrole nitrogens is 1. The molecule has 2 rings (SSSR count). The molecule has 2 aromatic rings. The number of aromatic amines is 1. The van der Waals surface area contributed by atoms with Crippen molar-refractivity contribution in [3.8, 4) is 0 Å². The van der Waals surface area contributed by atoms with Gasteiger partial charge in [0.05, 0.1) is 11.3 Å². The molecule has 0 bridgehead atoms. The Labute approximate surface area is 98.8 Å². The van der Waals surface area contributed by atoms with Crippen molar-refractivity contribution >= 4 is 17.6 Å². The standard InChI is InChI=1S/C9H6FN5O3/c10-5-3-1-2-4(9(17)18)6(5)11-8(16)7-12-14-15-13-7/h1-3H,(H,11,16)(H,17,18)(H,12,13,14,15). The molecule has 1 amide bonds. The van der Waals surface area contributed by atoms with Gasteiger partial charge in [-0.3, -0.25) is 4.79 Å². The van der Waals surface area contributed by atoms with Gasteiger partial charge in [0.2, 0.25) is 0 Å². The molecule has 0 saturated heterocycles. The lowest BCUT2D eigenvalue weighted by Crippen LogP contribution is -2.17. The maximum absolute atomic E-state index is 13.5. The molecule has 18 heavy (non-hydrogen) atoms. The second kappa shape index (κ2) is 4.57. The van der Waals surface area contributed by atoms with Crippen LogP contribution in [0.4, 0.5) is 10.1 Å². The number of tetrazole rings is 1. The molecule has 0 aliphatic carbocycles. The van der Waals surface area contributed by atoms with E-state index in [0.717, 1.165) is 12.1 Å². The van der Waals surface area contributed by atoms with Gasteiger partial charge in [0.15, 0.2) is 0 Å². The maximum atomic E-state index is 13.5. The number of benzene rings is 1. The first-order chi connectivity index (χ1) is 8.59. The number of nitrogens with one attached hydrogen (secondary N) is 2. The summed E-state index contributed by atoms with van der Waals surface area (Å²) in [6.45, 7) is 0. The topological polar surface area (TPSA) is 121 Å². The van der Waals surface area contributed by atoms with Crippen LogP contribution in [-0.2, 0) is 0 Å². The number of carbonyl (C=O) groups excluding carboxylic acids is 1. The van der Waals surface area contributed by atoms with E-state index >= 15 is 0 Å². The minimum Gasteiger partial charge on any atom is -0.478 e. The summed E-state index contributed by atoms with van der Waals surface area (Å²) in [4.78, 5) is 22.4. The molecule has 0 unspecified atom stereocenters. The molecular weight excluding hydrogens is 245 g/mol. The zero-order chi connectivity index (χ0) is 13.1. The molecule has 1 aromatic heterocycles. The molecule has 9 heteroatoms. The summed E-state index contributed by atoms with van der Waals surface area (Å²) < 4.78 is 13.5. The van der Waals surface area contributed by atoms with Crippen molar-refractivity contribution in [3.63, 3.8) is 0 Å². The lowest BCUT2D eigenvalue weighted by Gasteiger charge is -2.07. The Morgan fingerprint density at radius 2 is 2.17 bits per heavy atom. The van der Waals surface area contributed by atoms with E-state index in [-0.39, 0.29) is 11.4 Å². The Hall–Kier alpha value is -2.84. The number of rotatable bonds is 3. The monoisotopic (exact) mass is 251 g/mol. The summed E-state index contributed by atoms with van der Waals surface area (Å²) in [6, 6.07) is 3.42. The van der Waals surface area contributed by atoms with Crippen LogP contribution in [0.2, 0.25) is 0 Å².